The van der Waals surface area contributed by atoms with Gasteiger partial charge in [0.2, 0.25) is 0 Å². The van der Waals surface area contributed by atoms with Crippen LogP contribution in [0.3, 0.4) is 0 Å². The Morgan fingerprint density at radius 3 is 2.53 bits per heavy atom. The zero-order valence-corrected chi connectivity index (χ0v) is 11.3. The molecule has 2 heterocycles. The summed E-state index contributed by atoms with van der Waals surface area (Å²) in [7, 11) is 1.94. The summed E-state index contributed by atoms with van der Waals surface area (Å²) >= 11 is 0. The van der Waals surface area contributed by atoms with Crippen LogP contribution in [0.1, 0.15) is 19.2 Å². The van der Waals surface area contributed by atoms with Crippen molar-refractivity contribution in [2.75, 3.05) is 23.7 Å². The SMILES string of the molecule is CCCNc1cc(NCCc2nncn2C)ncn1. The minimum absolute atomic E-state index is 0.761. The molecule has 2 rings (SSSR count). The number of nitrogens with zero attached hydrogens (tertiary/aromatic N) is 5. The molecular formula is C12H19N7. The van der Waals surface area contributed by atoms with E-state index in [4.69, 9.17) is 0 Å². The number of anilines is 2. The summed E-state index contributed by atoms with van der Waals surface area (Å²) < 4.78 is 1.91. The highest BCUT2D eigenvalue weighted by atomic mass is 15.2. The van der Waals surface area contributed by atoms with Crippen molar-refractivity contribution in [3.63, 3.8) is 0 Å². The van der Waals surface area contributed by atoms with Crippen LogP contribution in [0.5, 0.6) is 0 Å². The molecule has 2 N–H and O–H groups in total. The molecule has 7 nitrogen and oxygen atoms in total. The molecule has 0 saturated carbocycles. The first-order valence-corrected chi connectivity index (χ1v) is 6.42. The third-order valence-electron chi connectivity index (χ3n) is 2.68. The molecule has 7 heteroatoms. The molecule has 0 amide bonds. The Hall–Kier alpha value is -2.18. The van der Waals surface area contributed by atoms with Gasteiger partial charge in [-0.3, -0.25) is 0 Å². The van der Waals surface area contributed by atoms with Gasteiger partial charge >= 0.3 is 0 Å². The summed E-state index contributed by atoms with van der Waals surface area (Å²) in [6, 6.07) is 1.91. The van der Waals surface area contributed by atoms with Gasteiger partial charge < -0.3 is 15.2 Å². The molecular weight excluding hydrogens is 242 g/mol. The highest BCUT2D eigenvalue weighted by Gasteiger charge is 2.01. The Kier molecular flexibility index (Phi) is 4.66. The monoisotopic (exact) mass is 261 g/mol. The van der Waals surface area contributed by atoms with E-state index >= 15 is 0 Å². The van der Waals surface area contributed by atoms with Crippen LogP contribution in [-0.4, -0.2) is 37.8 Å². The number of hydrogen-bond donors (Lipinski definition) is 2. The lowest BCUT2D eigenvalue weighted by atomic mass is 10.4. The van der Waals surface area contributed by atoms with E-state index in [1.807, 2.05) is 17.7 Å². The quantitative estimate of drug-likeness (QED) is 0.776. The van der Waals surface area contributed by atoms with Crippen molar-refractivity contribution in [2.45, 2.75) is 19.8 Å². The van der Waals surface area contributed by atoms with Crippen LogP contribution < -0.4 is 10.6 Å². The van der Waals surface area contributed by atoms with Crippen molar-refractivity contribution in [1.29, 1.82) is 0 Å². The smallest absolute Gasteiger partial charge is 0.134 e. The number of hydrogen-bond acceptors (Lipinski definition) is 6. The third kappa shape index (κ3) is 3.90. The van der Waals surface area contributed by atoms with Crippen molar-refractivity contribution >= 4 is 11.6 Å². The predicted octanol–water partition coefficient (Wildman–Crippen LogP) is 1.08. The van der Waals surface area contributed by atoms with Gasteiger partial charge in [0.15, 0.2) is 0 Å². The average Bonchev–Trinajstić information content (AvgIpc) is 2.83. The van der Waals surface area contributed by atoms with Crippen molar-refractivity contribution < 1.29 is 0 Å². The van der Waals surface area contributed by atoms with E-state index in [0.29, 0.717) is 0 Å². The summed E-state index contributed by atoms with van der Waals surface area (Å²) in [5.74, 6) is 2.61. The summed E-state index contributed by atoms with van der Waals surface area (Å²) in [5.41, 5.74) is 0. The lowest BCUT2D eigenvalue weighted by Gasteiger charge is -2.07. The van der Waals surface area contributed by atoms with Crippen LogP contribution in [0.2, 0.25) is 0 Å². The second-order valence-electron chi connectivity index (χ2n) is 4.25. The van der Waals surface area contributed by atoms with Crippen molar-refractivity contribution in [3.05, 3.63) is 24.5 Å². The third-order valence-corrected chi connectivity index (χ3v) is 2.68. The molecule has 0 radical (unpaired) electrons. The van der Waals surface area contributed by atoms with Crippen LogP contribution in [0.15, 0.2) is 18.7 Å². The molecule has 0 saturated heterocycles. The maximum atomic E-state index is 4.18. The van der Waals surface area contributed by atoms with Gasteiger partial charge in [-0.05, 0) is 6.42 Å². The minimum atomic E-state index is 0.761. The Morgan fingerprint density at radius 1 is 1.16 bits per heavy atom. The Balaban J connectivity index is 1.84. The number of nitrogens with one attached hydrogen (secondary N) is 2. The topological polar surface area (TPSA) is 80.5 Å². The molecule has 0 aliphatic carbocycles. The maximum absolute atomic E-state index is 4.18. The Labute approximate surface area is 112 Å². The van der Waals surface area contributed by atoms with Gasteiger partial charge in [0.25, 0.3) is 0 Å². The standard InChI is InChI=1S/C12H19N7/c1-3-5-13-10-7-11(16-8-15-10)14-6-4-12-18-17-9-19(12)2/h7-9H,3-6H2,1-2H3,(H2,13,14,15,16). The number of rotatable bonds is 7. The van der Waals surface area contributed by atoms with Crippen LogP contribution in [0.25, 0.3) is 0 Å². The lowest BCUT2D eigenvalue weighted by molar-refractivity contribution is 0.787. The van der Waals surface area contributed by atoms with E-state index in [1.54, 1.807) is 12.7 Å². The highest BCUT2D eigenvalue weighted by Crippen LogP contribution is 2.08. The average molecular weight is 261 g/mol. The maximum Gasteiger partial charge on any atom is 0.134 e. The van der Waals surface area contributed by atoms with Gasteiger partial charge in [0, 0.05) is 32.6 Å². The number of aryl methyl sites for hydroxylation is 1. The van der Waals surface area contributed by atoms with Gasteiger partial charge in [0.05, 0.1) is 0 Å². The lowest BCUT2D eigenvalue weighted by Crippen LogP contribution is -2.10. The highest BCUT2D eigenvalue weighted by molar-refractivity contribution is 5.46. The van der Waals surface area contributed by atoms with Crippen molar-refractivity contribution in [3.8, 4) is 0 Å². The first-order valence-electron chi connectivity index (χ1n) is 6.42. The second kappa shape index (κ2) is 6.67. The first-order chi connectivity index (χ1) is 9.29. The van der Waals surface area contributed by atoms with E-state index in [0.717, 1.165) is 43.4 Å². The molecule has 0 atom stereocenters. The van der Waals surface area contributed by atoms with Crippen LogP contribution >= 0.6 is 0 Å². The normalized spacial score (nSPS) is 10.4. The van der Waals surface area contributed by atoms with E-state index in [9.17, 15) is 0 Å². The first kappa shape index (κ1) is 13.3. The molecule has 0 aliphatic heterocycles. The molecule has 0 spiro atoms. The summed E-state index contributed by atoms with van der Waals surface area (Å²) in [4.78, 5) is 8.34. The molecule has 19 heavy (non-hydrogen) atoms. The van der Waals surface area contributed by atoms with Crippen LogP contribution in [-0.2, 0) is 13.5 Å². The molecule has 0 unspecified atom stereocenters. The Bertz CT molecular complexity index is 508. The van der Waals surface area contributed by atoms with E-state index in [2.05, 4.69) is 37.7 Å². The predicted molar refractivity (Wildman–Crippen MR) is 74.0 cm³/mol. The molecule has 0 aromatic carbocycles. The zero-order chi connectivity index (χ0) is 13.5. The van der Waals surface area contributed by atoms with E-state index < -0.39 is 0 Å². The summed E-state index contributed by atoms with van der Waals surface area (Å²) in [6.07, 6.45) is 5.13. The Morgan fingerprint density at radius 2 is 1.89 bits per heavy atom. The van der Waals surface area contributed by atoms with Crippen molar-refractivity contribution in [2.24, 2.45) is 7.05 Å². The zero-order valence-electron chi connectivity index (χ0n) is 11.3. The van der Waals surface area contributed by atoms with Gasteiger partial charge in [-0.1, -0.05) is 6.92 Å². The van der Waals surface area contributed by atoms with Gasteiger partial charge in [-0.2, -0.15) is 0 Å². The molecule has 102 valence electrons. The summed E-state index contributed by atoms with van der Waals surface area (Å²) in [5, 5.41) is 14.4. The van der Waals surface area contributed by atoms with E-state index in [-0.39, 0.29) is 0 Å². The molecule has 0 bridgehead atoms. The molecule has 0 fully saturated rings. The largest absolute Gasteiger partial charge is 0.370 e. The van der Waals surface area contributed by atoms with Crippen LogP contribution in [0, 0.1) is 0 Å². The van der Waals surface area contributed by atoms with Gasteiger partial charge in [0.1, 0.15) is 30.1 Å². The number of aromatic nitrogens is 5. The fraction of sp³-hybridized carbons (Fsp3) is 0.500. The summed E-state index contributed by atoms with van der Waals surface area (Å²) in [6.45, 7) is 3.79. The fourth-order valence-electron chi connectivity index (χ4n) is 1.64. The molecule has 2 aromatic rings. The second-order valence-corrected chi connectivity index (χ2v) is 4.25. The fourth-order valence-corrected chi connectivity index (χ4v) is 1.64. The van der Waals surface area contributed by atoms with Crippen molar-refractivity contribution in [1.82, 2.24) is 24.7 Å². The molecule has 0 aliphatic rings. The minimum Gasteiger partial charge on any atom is -0.370 e. The molecule has 2 aromatic heterocycles. The van der Waals surface area contributed by atoms with Gasteiger partial charge in [-0.15, -0.1) is 10.2 Å². The van der Waals surface area contributed by atoms with Gasteiger partial charge in [-0.25, -0.2) is 9.97 Å². The van der Waals surface area contributed by atoms with Crippen LogP contribution in [0.4, 0.5) is 11.6 Å². The van der Waals surface area contributed by atoms with E-state index in [1.165, 1.54) is 0 Å².